The molecule has 1 saturated heterocycles. The summed E-state index contributed by atoms with van der Waals surface area (Å²) in [5, 5.41) is -0.0759. The number of rotatable bonds is 4. The van der Waals surface area contributed by atoms with Crippen molar-refractivity contribution < 1.29 is 18.8 Å². The van der Waals surface area contributed by atoms with Gasteiger partial charge in [-0.15, -0.1) is 11.6 Å². The normalized spacial score (nSPS) is 28.1. The van der Waals surface area contributed by atoms with Gasteiger partial charge in [-0.2, -0.15) is 0 Å². The molecular formula is C14H22BClO4. The van der Waals surface area contributed by atoms with Gasteiger partial charge in [0.15, 0.2) is 6.79 Å². The highest BCUT2D eigenvalue weighted by Gasteiger charge is 2.53. The van der Waals surface area contributed by atoms with Crippen LogP contribution in [0.15, 0.2) is 23.4 Å². The molecule has 0 saturated carbocycles. The molecule has 2 aliphatic rings. The van der Waals surface area contributed by atoms with Gasteiger partial charge < -0.3 is 18.8 Å². The minimum atomic E-state index is -0.438. The molecule has 0 spiro atoms. The molecule has 0 aromatic rings. The van der Waals surface area contributed by atoms with Gasteiger partial charge in [-0.25, -0.2) is 0 Å². The van der Waals surface area contributed by atoms with Crippen LogP contribution in [0.4, 0.5) is 0 Å². The summed E-state index contributed by atoms with van der Waals surface area (Å²) in [7, 11) is 1.15. The van der Waals surface area contributed by atoms with E-state index in [4.69, 9.17) is 30.4 Å². The summed E-state index contributed by atoms with van der Waals surface area (Å²) in [4.78, 5) is 0. The van der Waals surface area contributed by atoms with E-state index in [1.807, 2.05) is 39.8 Å². The number of halogens is 1. The molecule has 1 fully saturated rings. The van der Waals surface area contributed by atoms with Gasteiger partial charge in [0.1, 0.15) is 5.76 Å². The first-order valence-corrected chi connectivity index (χ1v) is 7.23. The van der Waals surface area contributed by atoms with E-state index in [-0.39, 0.29) is 23.4 Å². The van der Waals surface area contributed by atoms with E-state index in [0.29, 0.717) is 6.42 Å². The maximum Gasteiger partial charge on any atom is 0.498 e. The molecule has 0 N–H and O–H groups in total. The zero-order valence-corrected chi connectivity index (χ0v) is 13.5. The van der Waals surface area contributed by atoms with Gasteiger partial charge in [0.2, 0.25) is 0 Å². The zero-order chi connectivity index (χ0) is 15.0. The number of ether oxygens (including phenoxy) is 2. The smallest absolute Gasteiger partial charge is 0.472 e. The molecule has 6 heteroatoms. The van der Waals surface area contributed by atoms with Crippen LogP contribution in [0, 0.1) is 0 Å². The number of alkyl halides is 1. The standard InChI is InChI=1S/C14H22BClO4/c1-13(2)14(3,4)20-15(19-13)11-7-6-10(16)8-12(11)18-9-17-5/h6-7,10H,8-9H2,1-5H3. The van der Waals surface area contributed by atoms with Crippen LogP contribution >= 0.6 is 11.6 Å². The molecule has 1 atom stereocenters. The minimum Gasteiger partial charge on any atom is -0.472 e. The Morgan fingerprint density at radius 3 is 2.45 bits per heavy atom. The van der Waals surface area contributed by atoms with Crippen LogP contribution in [-0.4, -0.2) is 37.6 Å². The molecule has 1 heterocycles. The fraction of sp³-hybridized carbons (Fsp3) is 0.714. The second kappa shape index (κ2) is 5.72. The van der Waals surface area contributed by atoms with E-state index in [1.54, 1.807) is 7.11 Å². The molecule has 112 valence electrons. The van der Waals surface area contributed by atoms with Crippen molar-refractivity contribution in [2.75, 3.05) is 13.9 Å². The Hall–Kier alpha value is -0.485. The second-order valence-corrected chi connectivity index (χ2v) is 6.66. The average Bonchev–Trinajstić information content (AvgIpc) is 2.55. The Labute approximate surface area is 126 Å². The van der Waals surface area contributed by atoms with Crippen molar-refractivity contribution in [3.63, 3.8) is 0 Å². The molecule has 0 amide bonds. The van der Waals surface area contributed by atoms with Gasteiger partial charge in [0.25, 0.3) is 0 Å². The number of hydrogen-bond donors (Lipinski definition) is 0. The quantitative estimate of drug-likeness (QED) is 0.454. The van der Waals surface area contributed by atoms with Crippen molar-refractivity contribution in [2.24, 2.45) is 0 Å². The van der Waals surface area contributed by atoms with E-state index in [1.165, 1.54) is 0 Å². The maximum atomic E-state index is 6.15. The lowest BCUT2D eigenvalue weighted by Crippen LogP contribution is -2.41. The average molecular weight is 301 g/mol. The largest absolute Gasteiger partial charge is 0.498 e. The summed E-state index contributed by atoms with van der Waals surface area (Å²) in [5.41, 5.74) is 0.142. The third-order valence-electron chi connectivity index (χ3n) is 4.05. The fourth-order valence-corrected chi connectivity index (χ4v) is 2.33. The Morgan fingerprint density at radius 2 is 1.90 bits per heavy atom. The summed E-state index contributed by atoms with van der Waals surface area (Å²) < 4.78 is 22.7. The summed E-state index contributed by atoms with van der Waals surface area (Å²) in [6, 6.07) is 0. The van der Waals surface area contributed by atoms with Gasteiger partial charge in [0.05, 0.1) is 16.6 Å². The highest BCUT2D eigenvalue weighted by Crippen LogP contribution is 2.40. The van der Waals surface area contributed by atoms with Crippen molar-refractivity contribution in [2.45, 2.75) is 50.7 Å². The molecule has 4 nitrogen and oxygen atoms in total. The molecule has 0 aromatic carbocycles. The first kappa shape index (κ1) is 15.9. The Kier molecular flexibility index (Phi) is 4.55. The van der Waals surface area contributed by atoms with Gasteiger partial charge in [-0.1, -0.05) is 12.2 Å². The lowest BCUT2D eigenvalue weighted by atomic mass is 9.74. The number of methoxy groups -OCH3 is 1. The highest BCUT2D eigenvalue weighted by atomic mass is 35.5. The van der Waals surface area contributed by atoms with E-state index >= 15 is 0 Å². The Bertz CT molecular complexity index is 415. The third-order valence-corrected chi connectivity index (χ3v) is 4.34. The summed E-state index contributed by atoms with van der Waals surface area (Å²) in [6.45, 7) is 8.30. The molecule has 20 heavy (non-hydrogen) atoms. The summed E-state index contributed by atoms with van der Waals surface area (Å²) >= 11 is 6.15. The Balaban J connectivity index is 2.23. The van der Waals surface area contributed by atoms with Crippen molar-refractivity contribution in [1.29, 1.82) is 0 Å². The Morgan fingerprint density at radius 1 is 1.30 bits per heavy atom. The van der Waals surface area contributed by atoms with Crippen LogP contribution in [0.25, 0.3) is 0 Å². The molecule has 0 radical (unpaired) electrons. The van der Waals surface area contributed by atoms with E-state index < -0.39 is 7.12 Å². The second-order valence-electron chi connectivity index (χ2n) is 6.10. The van der Waals surface area contributed by atoms with Crippen LogP contribution in [0.2, 0.25) is 0 Å². The predicted octanol–water partition coefficient (Wildman–Crippen LogP) is 3.06. The van der Waals surface area contributed by atoms with Gasteiger partial charge >= 0.3 is 7.12 Å². The first-order valence-electron chi connectivity index (χ1n) is 6.79. The summed E-state index contributed by atoms with van der Waals surface area (Å²) in [5.74, 6) is 0.771. The number of hydrogen-bond acceptors (Lipinski definition) is 4. The molecule has 1 aliphatic heterocycles. The van der Waals surface area contributed by atoms with E-state index in [2.05, 4.69) is 0 Å². The van der Waals surface area contributed by atoms with E-state index in [9.17, 15) is 0 Å². The monoisotopic (exact) mass is 300 g/mol. The van der Waals surface area contributed by atoms with E-state index in [0.717, 1.165) is 11.2 Å². The fourth-order valence-electron chi connectivity index (χ4n) is 2.12. The summed E-state index contributed by atoms with van der Waals surface area (Å²) in [6.07, 6.45) is 4.47. The topological polar surface area (TPSA) is 36.9 Å². The maximum absolute atomic E-state index is 6.15. The van der Waals surface area contributed by atoms with Crippen molar-refractivity contribution in [1.82, 2.24) is 0 Å². The predicted molar refractivity (Wildman–Crippen MR) is 79.5 cm³/mol. The van der Waals surface area contributed by atoms with Gasteiger partial charge in [0, 0.05) is 19.0 Å². The molecular weight excluding hydrogens is 278 g/mol. The molecule has 2 rings (SSSR count). The molecule has 1 unspecified atom stereocenters. The van der Waals surface area contributed by atoms with Gasteiger partial charge in [-0.05, 0) is 27.7 Å². The minimum absolute atomic E-state index is 0.0759. The SMILES string of the molecule is COCOC1=C(B2OC(C)(C)C(C)(C)O2)C=CC(Cl)C1. The molecule has 0 aromatic heterocycles. The van der Waals surface area contributed by atoms with Crippen LogP contribution in [-0.2, 0) is 18.8 Å². The van der Waals surface area contributed by atoms with Crippen molar-refractivity contribution in [3.8, 4) is 0 Å². The molecule has 0 bridgehead atoms. The lowest BCUT2D eigenvalue weighted by molar-refractivity contribution is 0.00176. The lowest BCUT2D eigenvalue weighted by Gasteiger charge is -2.32. The first-order chi connectivity index (χ1) is 9.27. The number of allylic oxidation sites excluding steroid dienone is 4. The zero-order valence-electron chi connectivity index (χ0n) is 12.7. The molecule has 1 aliphatic carbocycles. The van der Waals surface area contributed by atoms with Gasteiger partial charge in [-0.3, -0.25) is 0 Å². The van der Waals surface area contributed by atoms with Crippen LogP contribution in [0.5, 0.6) is 0 Å². The van der Waals surface area contributed by atoms with Crippen LogP contribution in [0.1, 0.15) is 34.1 Å². The van der Waals surface area contributed by atoms with Crippen molar-refractivity contribution >= 4 is 18.7 Å². The third kappa shape index (κ3) is 3.06. The van der Waals surface area contributed by atoms with Crippen molar-refractivity contribution in [3.05, 3.63) is 23.4 Å². The highest BCUT2D eigenvalue weighted by molar-refractivity contribution is 6.56. The van der Waals surface area contributed by atoms with Crippen LogP contribution in [0.3, 0.4) is 0 Å². The van der Waals surface area contributed by atoms with Crippen LogP contribution < -0.4 is 0 Å².